The van der Waals surface area contributed by atoms with Crippen LogP contribution >= 0.6 is 0 Å². The maximum absolute atomic E-state index is 5.70. The molecule has 1 saturated heterocycles. The number of nitrogens with zero attached hydrogens (tertiary/aromatic N) is 1. The Morgan fingerprint density at radius 2 is 1.26 bits per heavy atom. The van der Waals surface area contributed by atoms with Crippen molar-refractivity contribution in [2.45, 2.75) is 45.1 Å². The molecule has 2 aromatic carbocycles. The van der Waals surface area contributed by atoms with Crippen molar-refractivity contribution in [2.75, 3.05) is 6.54 Å². The maximum atomic E-state index is 5.70. The molecule has 2 atom stereocenters. The number of unbranched alkanes of at least 4 members (excludes halogenated alkanes) is 3. The molecule has 1 heterocycles. The second kappa shape index (κ2) is 8.25. The second-order valence-corrected chi connectivity index (χ2v) is 6.02. The minimum absolute atomic E-state index is 0.136. The molecule has 3 nitrogen and oxygen atoms in total. The predicted molar refractivity (Wildman–Crippen MR) is 91.4 cm³/mol. The summed E-state index contributed by atoms with van der Waals surface area (Å²) in [5, 5.41) is 0. The first-order valence-corrected chi connectivity index (χ1v) is 8.58. The molecule has 23 heavy (non-hydrogen) atoms. The molecule has 2 unspecified atom stereocenters. The molecule has 0 N–H and O–H groups in total. The van der Waals surface area contributed by atoms with E-state index in [-0.39, 0.29) is 12.5 Å². The van der Waals surface area contributed by atoms with Crippen LogP contribution in [0.1, 0.15) is 56.2 Å². The first-order valence-electron chi connectivity index (χ1n) is 8.58. The fraction of sp³-hybridized carbons (Fsp3) is 0.400. The van der Waals surface area contributed by atoms with E-state index in [2.05, 4.69) is 36.1 Å². The first-order chi connectivity index (χ1) is 11.4. The van der Waals surface area contributed by atoms with E-state index in [1.807, 2.05) is 36.4 Å². The lowest BCUT2D eigenvalue weighted by Gasteiger charge is -2.25. The first kappa shape index (κ1) is 16.2. The van der Waals surface area contributed by atoms with Crippen molar-refractivity contribution in [3.05, 3.63) is 71.8 Å². The number of rotatable bonds is 7. The Kier molecular flexibility index (Phi) is 5.81. The zero-order valence-corrected chi connectivity index (χ0v) is 13.7. The Morgan fingerprint density at radius 1 is 0.739 bits per heavy atom. The lowest BCUT2D eigenvalue weighted by Crippen LogP contribution is -2.28. The van der Waals surface area contributed by atoms with Crippen LogP contribution in [-0.2, 0) is 9.78 Å². The molecule has 0 aromatic heterocycles. The minimum Gasteiger partial charge on any atom is -0.239 e. The molecule has 0 amide bonds. The Morgan fingerprint density at radius 3 is 1.74 bits per heavy atom. The molecule has 1 aliphatic heterocycles. The van der Waals surface area contributed by atoms with E-state index in [0.717, 1.165) is 24.1 Å². The van der Waals surface area contributed by atoms with Gasteiger partial charge in [0.15, 0.2) is 12.5 Å². The van der Waals surface area contributed by atoms with Gasteiger partial charge in [-0.15, -0.1) is 0 Å². The van der Waals surface area contributed by atoms with Gasteiger partial charge in [0.05, 0.1) is 0 Å². The molecule has 0 spiro atoms. The molecule has 0 radical (unpaired) electrons. The van der Waals surface area contributed by atoms with E-state index in [1.165, 1.54) is 19.3 Å². The summed E-state index contributed by atoms with van der Waals surface area (Å²) in [6, 6.07) is 20.6. The molecule has 0 aliphatic carbocycles. The average Bonchev–Trinajstić information content (AvgIpc) is 3.04. The number of hydrogen-bond acceptors (Lipinski definition) is 3. The van der Waals surface area contributed by atoms with Crippen molar-refractivity contribution < 1.29 is 9.78 Å². The summed E-state index contributed by atoms with van der Waals surface area (Å²) in [7, 11) is 0. The Labute approximate surface area is 138 Å². The third-order valence-electron chi connectivity index (χ3n) is 4.28. The van der Waals surface area contributed by atoms with Crippen molar-refractivity contribution in [1.29, 1.82) is 0 Å². The van der Waals surface area contributed by atoms with Crippen LogP contribution in [0.15, 0.2) is 60.7 Å². The predicted octanol–water partition coefficient (Wildman–Crippen LogP) is 5.23. The van der Waals surface area contributed by atoms with Gasteiger partial charge in [0.1, 0.15) is 0 Å². The fourth-order valence-corrected chi connectivity index (χ4v) is 3.02. The molecule has 1 aliphatic rings. The van der Waals surface area contributed by atoms with E-state index in [9.17, 15) is 0 Å². The van der Waals surface area contributed by atoms with Crippen LogP contribution in [0.3, 0.4) is 0 Å². The monoisotopic (exact) mass is 311 g/mol. The van der Waals surface area contributed by atoms with Gasteiger partial charge in [-0.2, -0.15) is 0 Å². The van der Waals surface area contributed by atoms with Crippen molar-refractivity contribution in [3.63, 3.8) is 0 Å². The smallest absolute Gasteiger partial charge is 0.174 e. The zero-order chi connectivity index (χ0) is 15.9. The molecule has 0 saturated carbocycles. The molecule has 122 valence electrons. The number of hydrogen-bond donors (Lipinski definition) is 0. The number of benzene rings is 2. The summed E-state index contributed by atoms with van der Waals surface area (Å²) in [5.74, 6) is 0. The van der Waals surface area contributed by atoms with Gasteiger partial charge in [0.2, 0.25) is 0 Å². The van der Waals surface area contributed by atoms with E-state index >= 15 is 0 Å². The second-order valence-electron chi connectivity index (χ2n) is 6.02. The van der Waals surface area contributed by atoms with Gasteiger partial charge < -0.3 is 0 Å². The Balaban J connectivity index is 1.77. The van der Waals surface area contributed by atoms with Crippen LogP contribution < -0.4 is 0 Å². The van der Waals surface area contributed by atoms with Crippen LogP contribution in [0.5, 0.6) is 0 Å². The summed E-state index contributed by atoms with van der Waals surface area (Å²) in [6.07, 6.45) is 4.66. The molecule has 1 fully saturated rings. The van der Waals surface area contributed by atoms with E-state index in [0.29, 0.717) is 0 Å². The third-order valence-corrected chi connectivity index (χ3v) is 4.28. The van der Waals surface area contributed by atoms with E-state index < -0.39 is 0 Å². The minimum atomic E-state index is -0.136. The van der Waals surface area contributed by atoms with Gasteiger partial charge in [-0.1, -0.05) is 86.8 Å². The highest BCUT2D eigenvalue weighted by Gasteiger charge is 2.37. The van der Waals surface area contributed by atoms with Gasteiger partial charge in [-0.05, 0) is 17.5 Å². The molecule has 3 rings (SSSR count). The van der Waals surface area contributed by atoms with E-state index in [4.69, 9.17) is 9.78 Å². The largest absolute Gasteiger partial charge is 0.239 e. The SMILES string of the molecule is CCCCCCN1C(c2ccccc2)OOC1c1ccccc1. The Hall–Kier alpha value is -1.68. The highest BCUT2D eigenvalue weighted by atomic mass is 17.2. The van der Waals surface area contributed by atoms with Gasteiger partial charge in [-0.25, -0.2) is 14.7 Å². The molecular formula is C20H25NO2. The average molecular weight is 311 g/mol. The summed E-state index contributed by atoms with van der Waals surface area (Å²) < 4.78 is 0. The molecule has 0 bridgehead atoms. The lowest BCUT2D eigenvalue weighted by molar-refractivity contribution is -0.300. The normalized spacial score (nSPS) is 21.6. The standard InChI is InChI=1S/C20H25NO2/c1-2-3-4-11-16-21-19(17-12-7-5-8-13-17)22-23-20(21)18-14-9-6-10-15-18/h5-10,12-15,19-20H,2-4,11,16H2,1H3. The Bertz CT molecular complexity index is 525. The zero-order valence-electron chi connectivity index (χ0n) is 13.7. The van der Waals surface area contributed by atoms with Crippen molar-refractivity contribution in [3.8, 4) is 0 Å². The van der Waals surface area contributed by atoms with Crippen LogP contribution in [0, 0.1) is 0 Å². The van der Waals surface area contributed by atoms with Crippen LogP contribution in [0.2, 0.25) is 0 Å². The topological polar surface area (TPSA) is 21.7 Å². The van der Waals surface area contributed by atoms with Gasteiger partial charge in [0, 0.05) is 6.54 Å². The van der Waals surface area contributed by atoms with Crippen molar-refractivity contribution in [2.24, 2.45) is 0 Å². The molecule has 3 heteroatoms. The molecular weight excluding hydrogens is 286 g/mol. The highest BCUT2D eigenvalue weighted by molar-refractivity contribution is 5.21. The quantitative estimate of drug-likeness (QED) is 0.516. The maximum Gasteiger partial charge on any atom is 0.174 e. The van der Waals surface area contributed by atoms with Crippen LogP contribution in [0.25, 0.3) is 0 Å². The molecule has 2 aromatic rings. The van der Waals surface area contributed by atoms with Gasteiger partial charge >= 0.3 is 0 Å². The van der Waals surface area contributed by atoms with E-state index in [1.54, 1.807) is 0 Å². The van der Waals surface area contributed by atoms with Gasteiger partial charge in [0.25, 0.3) is 0 Å². The summed E-state index contributed by atoms with van der Waals surface area (Å²) >= 11 is 0. The van der Waals surface area contributed by atoms with Gasteiger partial charge in [-0.3, -0.25) is 0 Å². The van der Waals surface area contributed by atoms with Crippen LogP contribution in [0.4, 0.5) is 0 Å². The van der Waals surface area contributed by atoms with Crippen molar-refractivity contribution >= 4 is 0 Å². The lowest BCUT2D eigenvalue weighted by atomic mass is 10.1. The third kappa shape index (κ3) is 3.99. The van der Waals surface area contributed by atoms with Crippen LogP contribution in [-0.4, -0.2) is 11.4 Å². The summed E-state index contributed by atoms with van der Waals surface area (Å²) in [4.78, 5) is 13.7. The summed E-state index contributed by atoms with van der Waals surface area (Å²) in [5.41, 5.74) is 2.28. The summed E-state index contributed by atoms with van der Waals surface area (Å²) in [6.45, 7) is 3.21. The highest BCUT2D eigenvalue weighted by Crippen LogP contribution is 2.39. The fourth-order valence-electron chi connectivity index (χ4n) is 3.02. The van der Waals surface area contributed by atoms with Crippen molar-refractivity contribution in [1.82, 2.24) is 4.90 Å².